The second-order valence-corrected chi connectivity index (χ2v) is 6.81. The topological polar surface area (TPSA) is 49.5 Å². The number of nitrogens with zero attached hydrogens (tertiary/aromatic N) is 4. The molecule has 1 N–H and O–H groups in total. The summed E-state index contributed by atoms with van der Waals surface area (Å²) < 4.78 is 7.65. The molecule has 1 atom stereocenters. The van der Waals surface area contributed by atoms with Gasteiger partial charge in [-0.2, -0.15) is 5.10 Å². The number of rotatable bonds is 7. The number of aryl methyl sites for hydroxylation is 2. The van der Waals surface area contributed by atoms with Crippen molar-refractivity contribution in [2.45, 2.75) is 32.4 Å². The molecule has 0 radical (unpaired) electrons. The smallest absolute Gasteiger partial charge is 0.130 e. The minimum Gasteiger partial charge on any atom is -0.468 e. The molecule has 0 bridgehead atoms. The molecule has 1 aliphatic heterocycles. The number of anilines is 1. The van der Waals surface area contributed by atoms with E-state index in [9.17, 15) is 0 Å². The van der Waals surface area contributed by atoms with E-state index in [1.54, 1.807) is 6.26 Å². The van der Waals surface area contributed by atoms with E-state index in [0.717, 1.165) is 43.5 Å². The van der Waals surface area contributed by atoms with Crippen molar-refractivity contribution in [2.75, 3.05) is 38.6 Å². The van der Waals surface area contributed by atoms with Crippen molar-refractivity contribution < 1.29 is 4.42 Å². The van der Waals surface area contributed by atoms with Gasteiger partial charge in [0.05, 0.1) is 18.0 Å². The number of furan rings is 1. The predicted octanol–water partition coefficient (Wildman–Crippen LogP) is 2.31. The lowest BCUT2D eigenvalue weighted by Crippen LogP contribution is -2.34. The van der Waals surface area contributed by atoms with Crippen LogP contribution in [0.4, 0.5) is 5.82 Å². The molecule has 1 fully saturated rings. The summed E-state index contributed by atoms with van der Waals surface area (Å²) in [6, 6.07) is 4.38. The molecule has 6 nitrogen and oxygen atoms in total. The Labute approximate surface area is 144 Å². The Bertz CT molecular complexity index is 641. The molecule has 2 aromatic heterocycles. The van der Waals surface area contributed by atoms with Gasteiger partial charge in [-0.3, -0.25) is 9.58 Å². The fourth-order valence-corrected chi connectivity index (χ4v) is 3.73. The van der Waals surface area contributed by atoms with Crippen LogP contribution in [0.15, 0.2) is 22.8 Å². The largest absolute Gasteiger partial charge is 0.468 e. The van der Waals surface area contributed by atoms with E-state index in [2.05, 4.69) is 47.3 Å². The molecule has 3 heterocycles. The second-order valence-electron chi connectivity index (χ2n) is 6.81. The van der Waals surface area contributed by atoms with Crippen LogP contribution in [0, 0.1) is 6.92 Å². The van der Waals surface area contributed by atoms with Gasteiger partial charge in [-0.15, -0.1) is 0 Å². The first-order valence-electron chi connectivity index (χ1n) is 8.76. The molecule has 0 aromatic carbocycles. The van der Waals surface area contributed by atoms with Crippen molar-refractivity contribution in [3.8, 4) is 0 Å². The Hall–Kier alpha value is -1.79. The Morgan fingerprint density at radius 2 is 2.08 bits per heavy atom. The Morgan fingerprint density at radius 1 is 1.33 bits per heavy atom. The first-order chi connectivity index (χ1) is 11.6. The van der Waals surface area contributed by atoms with Gasteiger partial charge in [0.2, 0.25) is 0 Å². The highest BCUT2D eigenvalue weighted by atomic mass is 16.3. The molecule has 1 saturated heterocycles. The molecule has 0 saturated carbocycles. The van der Waals surface area contributed by atoms with E-state index in [4.69, 9.17) is 4.42 Å². The molecular weight excluding hydrogens is 302 g/mol. The highest BCUT2D eigenvalue weighted by molar-refractivity contribution is 5.48. The summed E-state index contributed by atoms with van der Waals surface area (Å²) in [6.45, 7) is 6.09. The van der Waals surface area contributed by atoms with Crippen molar-refractivity contribution in [3.63, 3.8) is 0 Å². The fraction of sp³-hybridized carbons (Fsp3) is 0.611. The number of hydrogen-bond acceptors (Lipinski definition) is 5. The van der Waals surface area contributed by atoms with Crippen molar-refractivity contribution in [2.24, 2.45) is 7.05 Å². The maximum Gasteiger partial charge on any atom is 0.130 e. The standard InChI is InChI=1S/C18H29N5O/c1-14-15(18(21(2)3)22(4)20-14)12-19-13-16(17-8-7-11-24-17)23-9-5-6-10-23/h7-8,11,16,19H,5-6,9-10,12-13H2,1-4H3/t16-/m0/s1. The summed E-state index contributed by atoms with van der Waals surface area (Å²) in [5, 5.41) is 8.20. The molecule has 0 spiro atoms. The molecule has 1 aliphatic rings. The first-order valence-corrected chi connectivity index (χ1v) is 8.76. The van der Waals surface area contributed by atoms with Crippen molar-refractivity contribution in [3.05, 3.63) is 35.4 Å². The Kier molecular flexibility index (Phi) is 5.26. The van der Waals surface area contributed by atoms with Gasteiger partial charge in [0, 0.05) is 39.8 Å². The van der Waals surface area contributed by atoms with Gasteiger partial charge in [0.15, 0.2) is 0 Å². The van der Waals surface area contributed by atoms with Crippen LogP contribution in [0.1, 0.15) is 35.9 Å². The zero-order valence-corrected chi connectivity index (χ0v) is 15.2. The Morgan fingerprint density at radius 3 is 2.71 bits per heavy atom. The van der Waals surface area contributed by atoms with Crippen molar-refractivity contribution in [1.82, 2.24) is 20.0 Å². The van der Waals surface area contributed by atoms with Crippen LogP contribution >= 0.6 is 0 Å². The molecule has 2 aromatic rings. The zero-order chi connectivity index (χ0) is 17.1. The van der Waals surface area contributed by atoms with Gasteiger partial charge in [-0.1, -0.05) is 0 Å². The summed E-state index contributed by atoms with van der Waals surface area (Å²) in [7, 11) is 6.13. The third kappa shape index (κ3) is 3.49. The van der Waals surface area contributed by atoms with Gasteiger partial charge >= 0.3 is 0 Å². The average molecular weight is 331 g/mol. The normalized spacial score (nSPS) is 16.7. The molecule has 24 heavy (non-hydrogen) atoms. The van der Waals surface area contributed by atoms with E-state index in [1.807, 2.05) is 17.8 Å². The first kappa shape index (κ1) is 17.0. The van der Waals surface area contributed by atoms with E-state index < -0.39 is 0 Å². The highest BCUT2D eigenvalue weighted by Crippen LogP contribution is 2.26. The summed E-state index contributed by atoms with van der Waals surface area (Å²) in [6.07, 6.45) is 4.33. The maximum absolute atomic E-state index is 5.69. The second kappa shape index (κ2) is 7.40. The van der Waals surface area contributed by atoms with Gasteiger partial charge in [-0.25, -0.2) is 0 Å². The lowest BCUT2D eigenvalue weighted by Gasteiger charge is -2.26. The van der Waals surface area contributed by atoms with Crippen LogP contribution in [0.25, 0.3) is 0 Å². The van der Waals surface area contributed by atoms with Crippen LogP contribution in [0.3, 0.4) is 0 Å². The van der Waals surface area contributed by atoms with Crippen molar-refractivity contribution in [1.29, 1.82) is 0 Å². The van der Waals surface area contributed by atoms with Gasteiger partial charge in [0.25, 0.3) is 0 Å². The molecule has 0 amide bonds. The van der Waals surface area contributed by atoms with Crippen LogP contribution in [0.5, 0.6) is 0 Å². The van der Waals surface area contributed by atoms with Gasteiger partial charge < -0.3 is 14.6 Å². The SMILES string of the molecule is Cc1nn(C)c(N(C)C)c1CNC[C@@H](c1ccco1)N1CCCC1. The molecule has 0 aliphatic carbocycles. The minimum atomic E-state index is 0.308. The van der Waals surface area contributed by atoms with Crippen LogP contribution in [-0.2, 0) is 13.6 Å². The highest BCUT2D eigenvalue weighted by Gasteiger charge is 2.25. The van der Waals surface area contributed by atoms with E-state index in [-0.39, 0.29) is 0 Å². The molecule has 0 unspecified atom stereocenters. The quantitative estimate of drug-likeness (QED) is 0.844. The van der Waals surface area contributed by atoms with Gasteiger partial charge in [-0.05, 0) is 45.0 Å². The number of likely N-dealkylation sites (tertiary alicyclic amines) is 1. The van der Waals surface area contributed by atoms with E-state index in [0.29, 0.717) is 6.04 Å². The zero-order valence-electron chi connectivity index (χ0n) is 15.2. The molecule has 6 heteroatoms. The lowest BCUT2D eigenvalue weighted by atomic mass is 10.1. The monoisotopic (exact) mass is 331 g/mol. The van der Waals surface area contributed by atoms with Crippen LogP contribution in [-0.4, -0.2) is 48.4 Å². The fourth-order valence-electron chi connectivity index (χ4n) is 3.73. The summed E-state index contributed by atoms with van der Waals surface area (Å²) in [5.41, 5.74) is 2.35. The van der Waals surface area contributed by atoms with Gasteiger partial charge in [0.1, 0.15) is 11.6 Å². The number of aromatic nitrogens is 2. The lowest BCUT2D eigenvalue weighted by molar-refractivity contribution is 0.209. The average Bonchev–Trinajstić information content (AvgIpc) is 3.25. The van der Waals surface area contributed by atoms with E-state index >= 15 is 0 Å². The minimum absolute atomic E-state index is 0.308. The van der Waals surface area contributed by atoms with Crippen molar-refractivity contribution >= 4 is 5.82 Å². The number of nitrogens with one attached hydrogen (secondary N) is 1. The molecular formula is C18H29N5O. The molecule has 3 rings (SSSR count). The maximum atomic E-state index is 5.69. The van der Waals surface area contributed by atoms with E-state index in [1.165, 1.54) is 18.4 Å². The van der Waals surface area contributed by atoms with Crippen LogP contribution in [0.2, 0.25) is 0 Å². The number of hydrogen-bond donors (Lipinski definition) is 1. The summed E-state index contributed by atoms with van der Waals surface area (Å²) in [5.74, 6) is 2.22. The summed E-state index contributed by atoms with van der Waals surface area (Å²) in [4.78, 5) is 4.65. The predicted molar refractivity (Wildman–Crippen MR) is 96.2 cm³/mol. The van der Waals surface area contributed by atoms with Crippen LogP contribution < -0.4 is 10.2 Å². The molecule has 132 valence electrons. The Balaban J connectivity index is 1.68. The third-order valence-electron chi connectivity index (χ3n) is 4.83. The third-order valence-corrected chi connectivity index (χ3v) is 4.83. The summed E-state index contributed by atoms with van der Waals surface area (Å²) >= 11 is 0.